The summed E-state index contributed by atoms with van der Waals surface area (Å²) >= 11 is 0. The van der Waals surface area contributed by atoms with Gasteiger partial charge in [-0.15, -0.1) is 0 Å². The molecule has 0 saturated carbocycles. The van der Waals surface area contributed by atoms with Crippen molar-refractivity contribution in [3.8, 4) is 5.75 Å². The lowest BCUT2D eigenvalue weighted by Gasteiger charge is -2.24. The molecule has 1 amide bonds. The number of rotatable bonds is 6. The number of aliphatic hydroxyl groups excluding tert-OH is 1. The van der Waals surface area contributed by atoms with Gasteiger partial charge in [-0.3, -0.25) is 14.5 Å². The Hall–Kier alpha value is -4.33. The van der Waals surface area contributed by atoms with Crippen molar-refractivity contribution in [1.29, 1.82) is 0 Å². The van der Waals surface area contributed by atoms with Crippen molar-refractivity contribution in [3.63, 3.8) is 0 Å². The Kier molecular flexibility index (Phi) is 6.70. The van der Waals surface area contributed by atoms with Crippen LogP contribution in [0.4, 0.5) is 5.69 Å². The Bertz CT molecular complexity index is 1370. The van der Waals surface area contributed by atoms with Crippen LogP contribution in [0.3, 0.4) is 0 Å². The molecule has 1 aliphatic rings. The monoisotopic (exact) mass is 489 g/mol. The molecule has 1 N–H and O–H groups in total. The molecule has 0 bridgehead atoms. The number of aliphatic hydroxyl groups is 1. The van der Waals surface area contributed by atoms with E-state index < -0.39 is 23.7 Å². The first-order chi connectivity index (χ1) is 17.2. The first-order valence-electron chi connectivity index (χ1n) is 11.4. The van der Waals surface area contributed by atoms with E-state index in [-0.39, 0.29) is 34.3 Å². The Morgan fingerprint density at radius 1 is 1.08 bits per heavy atom. The molecule has 36 heavy (non-hydrogen) atoms. The van der Waals surface area contributed by atoms with Crippen molar-refractivity contribution < 1.29 is 33.4 Å². The van der Waals surface area contributed by atoms with Gasteiger partial charge in [-0.05, 0) is 66.4 Å². The standard InChI is InChI=1S/C28H27NO7/c1-15(2)19-14-20(16(3)12-22(19)34-4)25(30)23-24(21-10-7-11-36-21)29(27(32)26(23)31)18-9-6-8-17(13-18)28(33)35-5/h6-15,24,30H,1-5H3/b25-23+. The third-order valence-corrected chi connectivity index (χ3v) is 6.26. The summed E-state index contributed by atoms with van der Waals surface area (Å²) in [5.41, 5.74) is 2.32. The van der Waals surface area contributed by atoms with Crippen molar-refractivity contribution in [1.82, 2.24) is 0 Å². The van der Waals surface area contributed by atoms with Gasteiger partial charge in [0.1, 0.15) is 23.3 Å². The molecule has 1 unspecified atom stereocenters. The minimum absolute atomic E-state index is 0.0800. The molecule has 1 fully saturated rings. The number of ketones is 1. The maximum atomic E-state index is 13.4. The average Bonchev–Trinajstić information content (AvgIpc) is 3.49. The van der Waals surface area contributed by atoms with Gasteiger partial charge >= 0.3 is 5.97 Å². The number of furan rings is 1. The number of carbonyl (C=O) groups is 3. The van der Waals surface area contributed by atoms with Crippen LogP contribution in [0.25, 0.3) is 5.76 Å². The van der Waals surface area contributed by atoms with Gasteiger partial charge in [0.25, 0.3) is 11.7 Å². The fourth-order valence-electron chi connectivity index (χ4n) is 4.44. The topological polar surface area (TPSA) is 106 Å². The van der Waals surface area contributed by atoms with Crippen molar-refractivity contribution in [2.24, 2.45) is 0 Å². The summed E-state index contributed by atoms with van der Waals surface area (Å²) in [5.74, 6) is -1.58. The van der Waals surface area contributed by atoms with Crippen LogP contribution in [0.2, 0.25) is 0 Å². The zero-order chi connectivity index (χ0) is 26.1. The number of hydrogen-bond donors (Lipinski definition) is 1. The lowest BCUT2D eigenvalue weighted by Crippen LogP contribution is -2.29. The Labute approximate surface area is 208 Å². The van der Waals surface area contributed by atoms with Crippen LogP contribution in [0, 0.1) is 6.92 Å². The summed E-state index contributed by atoms with van der Waals surface area (Å²) in [6, 6.07) is 12.0. The molecule has 8 heteroatoms. The maximum absolute atomic E-state index is 13.4. The van der Waals surface area contributed by atoms with E-state index in [9.17, 15) is 19.5 Å². The molecule has 186 valence electrons. The van der Waals surface area contributed by atoms with Gasteiger partial charge in [-0.2, -0.15) is 0 Å². The Morgan fingerprint density at radius 2 is 1.83 bits per heavy atom. The zero-order valence-electron chi connectivity index (χ0n) is 20.7. The molecule has 0 spiro atoms. The van der Waals surface area contributed by atoms with Gasteiger partial charge < -0.3 is 19.0 Å². The van der Waals surface area contributed by atoms with Gasteiger partial charge in [0.15, 0.2) is 0 Å². The number of aryl methyl sites for hydroxylation is 1. The van der Waals surface area contributed by atoms with Crippen LogP contribution >= 0.6 is 0 Å². The summed E-state index contributed by atoms with van der Waals surface area (Å²) in [4.78, 5) is 40.0. The molecule has 2 aromatic carbocycles. The van der Waals surface area contributed by atoms with Gasteiger partial charge in [0.2, 0.25) is 0 Å². The lowest BCUT2D eigenvalue weighted by atomic mass is 9.92. The van der Waals surface area contributed by atoms with E-state index in [2.05, 4.69) is 0 Å². The Morgan fingerprint density at radius 3 is 2.44 bits per heavy atom. The zero-order valence-corrected chi connectivity index (χ0v) is 20.7. The second-order valence-electron chi connectivity index (χ2n) is 8.79. The predicted molar refractivity (Wildman–Crippen MR) is 133 cm³/mol. The van der Waals surface area contributed by atoms with Crippen LogP contribution in [-0.2, 0) is 14.3 Å². The number of amides is 1. The maximum Gasteiger partial charge on any atom is 0.337 e. The minimum atomic E-state index is -1.04. The smallest absolute Gasteiger partial charge is 0.337 e. The fraction of sp³-hybridized carbons (Fsp3) is 0.250. The van der Waals surface area contributed by atoms with Crippen LogP contribution in [0.15, 0.2) is 64.8 Å². The average molecular weight is 490 g/mol. The molecule has 4 rings (SSSR count). The fourth-order valence-corrected chi connectivity index (χ4v) is 4.44. The van der Waals surface area contributed by atoms with E-state index in [1.807, 2.05) is 13.8 Å². The van der Waals surface area contributed by atoms with E-state index in [1.165, 1.54) is 24.3 Å². The van der Waals surface area contributed by atoms with Crippen LogP contribution in [0.5, 0.6) is 5.75 Å². The summed E-state index contributed by atoms with van der Waals surface area (Å²) in [6.45, 7) is 5.78. The molecule has 1 aromatic heterocycles. The third kappa shape index (κ3) is 4.15. The van der Waals surface area contributed by atoms with Crippen LogP contribution < -0.4 is 9.64 Å². The summed E-state index contributed by atoms with van der Waals surface area (Å²) in [7, 11) is 2.83. The lowest BCUT2D eigenvalue weighted by molar-refractivity contribution is -0.132. The number of methoxy groups -OCH3 is 2. The van der Waals surface area contributed by atoms with E-state index in [0.29, 0.717) is 16.9 Å². The number of hydrogen-bond acceptors (Lipinski definition) is 7. The first-order valence-corrected chi connectivity index (χ1v) is 11.4. The van der Waals surface area contributed by atoms with Crippen LogP contribution in [0.1, 0.15) is 58.6 Å². The largest absolute Gasteiger partial charge is 0.507 e. The van der Waals surface area contributed by atoms with Gasteiger partial charge in [0, 0.05) is 11.3 Å². The molecule has 1 saturated heterocycles. The van der Waals surface area contributed by atoms with Gasteiger partial charge in [0.05, 0.1) is 31.6 Å². The molecule has 1 aliphatic heterocycles. The van der Waals surface area contributed by atoms with Crippen molar-refractivity contribution >= 4 is 29.1 Å². The highest BCUT2D eigenvalue weighted by Crippen LogP contribution is 2.43. The van der Waals surface area contributed by atoms with Crippen molar-refractivity contribution in [3.05, 3.63) is 88.4 Å². The number of benzene rings is 2. The number of carbonyl (C=O) groups excluding carboxylic acids is 3. The number of ether oxygens (including phenoxy) is 2. The highest BCUT2D eigenvalue weighted by molar-refractivity contribution is 6.51. The van der Waals surface area contributed by atoms with Gasteiger partial charge in [-0.1, -0.05) is 19.9 Å². The number of nitrogens with zero attached hydrogens (tertiary/aromatic N) is 1. The molecule has 0 radical (unpaired) electrons. The normalized spacial score (nSPS) is 17.1. The summed E-state index contributed by atoms with van der Waals surface area (Å²) < 4.78 is 15.9. The van der Waals surface area contributed by atoms with Crippen molar-refractivity contribution in [2.45, 2.75) is 32.7 Å². The van der Waals surface area contributed by atoms with Crippen molar-refractivity contribution in [2.75, 3.05) is 19.1 Å². The Balaban J connectivity index is 1.94. The first kappa shape index (κ1) is 24.8. The molecular formula is C28H27NO7. The number of esters is 1. The minimum Gasteiger partial charge on any atom is -0.507 e. The molecule has 1 atom stereocenters. The van der Waals surface area contributed by atoms with E-state index >= 15 is 0 Å². The highest BCUT2D eigenvalue weighted by Gasteiger charge is 2.48. The molecule has 0 aliphatic carbocycles. The molecule has 8 nitrogen and oxygen atoms in total. The van der Waals surface area contributed by atoms with E-state index in [4.69, 9.17) is 13.9 Å². The third-order valence-electron chi connectivity index (χ3n) is 6.26. The summed E-state index contributed by atoms with van der Waals surface area (Å²) in [6.07, 6.45) is 1.43. The summed E-state index contributed by atoms with van der Waals surface area (Å²) in [5, 5.41) is 11.5. The highest BCUT2D eigenvalue weighted by atomic mass is 16.5. The quantitative estimate of drug-likeness (QED) is 0.221. The number of anilines is 1. The molecular weight excluding hydrogens is 462 g/mol. The second kappa shape index (κ2) is 9.73. The predicted octanol–water partition coefficient (Wildman–Crippen LogP) is 5.13. The van der Waals surface area contributed by atoms with E-state index in [0.717, 1.165) is 5.56 Å². The van der Waals surface area contributed by atoms with Crippen LogP contribution in [-0.4, -0.2) is 37.0 Å². The second-order valence-corrected chi connectivity index (χ2v) is 8.79. The van der Waals surface area contributed by atoms with E-state index in [1.54, 1.807) is 56.5 Å². The molecule has 3 aromatic rings. The van der Waals surface area contributed by atoms with Gasteiger partial charge in [-0.25, -0.2) is 4.79 Å². The molecule has 2 heterocycles. The number of Topliss-reactive ketones (excluding diaryl/α,β-unsaturated/α-hetero) is 1. The SMILES string of the molecule is COC(=O)c1cccc(N2C(=O)C(=O)/C(=C(/O)c3cc(C(C)C)c(OC)cc3C)C2c2ccco2)c1.